The summed E-state index contributed by atoms with van der Waals surface area (Å²) in [5.41, 5.74) is 11.7. The summed E-state index contributed by atoms with van der Waals surface area (Å²) in [6.07, 6.45) is 8.04. The number of aromatic nitrogens is 1. The SMILES string of the molecule is C[C@@H]1C(Cl)=Cc2c([nH]c(N=N)c2C#Cc2ccc(C(=O)N3CCC(N4CCCCC4)CC3)cc2)[C@H]1C. The molecule has 2 aliphatic heterocycles. The molecule has 1 aromatic carbocycles. The minimum absolute atomic E-state index is 0.101. The van der Waals surface area contributed by atoms with Gasteiger partial charge in [-0.1, -0.05) is 43.7 Å². The molecule has 3 heterocycles. The maximum Gasteiger partial charge on any atom is 0.253 e. The summed E-state index contributed by atoms with van der Waals surface area (Å²) in [4.78, 5) is 21.0. The van der Waals surface area contributed by atoms with Crippen LogP contribution in [0, 0.1) is 23.3 Å². The first-order valence-electron chi connectivity index (χ1n) is 13.1. The minimum atomic E-state index is 0.101. The lowest BCUT2D eigenvalue weighted by Gasteiger charge is -2.40. The predicted octanol–water partition coefficient (Wildman–Crippen LogP) is 6.50. The molecule has 2 saturated heterocycles. The molecule has 2 atom stereocenters. The minimum Gasteiger partial charge on any atom is -0.340 e. The second-order valence-corrected chi connectivity index (χ2v) is 10.8. The lowest BCUT2D eigenvalue weighted by Crippen LogP contribution is -2.48. The van der Waals surface area contributed by atoms with Gasteiger partial charge in [-0.3, -0.25) is 4.79 Å². The Morgan fingerprint density at radius 3 is 2.39 bits per heavy atom. The number of allylic oxidation sites excluding steroid dienone is 1. The Morgan fingerprint density at radius 2 is 1.72 bits per heavy atom. The Bertz CT molecular complexity index is 1220. The van der Waals surface area contributed by atoms with E-state index in [0.717, 1.165) is 47.8 Å². The highest BCUT2D eigenvalue weighted by molar-refractivity contribution is 6.32. The van der Waals surface area contributed by atoms with Crippen molar-refractivity contribution in [2.24, 2.45) is 11.0 Å². The maximum atomic E-state index is 13.1. The van der Waals surface area contributed by atoms with E-state index in [1.165, 1.54) is 32.4 Å². The number of H-pyrrole nitrogens is 1. The standard InChI is InChI=1S/C29H34ClN5O/c1-19-20(2)27-25(18-26(19)30)24(28(32-27)33-31)11-8-21-6-9-22(10-7-21)29(36)35-16-12-23(13-17-35)34-14-4-3-5-15-34/h6-7,9-10,18-20,23,31-32H,3-5,12-17H2,1-2H3/t19-,20-/m0/s1. The van der Waals surface area contributed by atoms with Gasteiger partial charge in [0.2, 0.25) is 0 Å². The fourth-order valence-corrected chi connectivity index (χ4v) is 6.03. The highest BCUT2D eigenvalue weighted by atomic mass is 35.5. The lowest BCUT2D eigenvalue weighted by atomic mass is 9.85. The summed E-state index contributed by atoms with van der Waals surface area (Å²) in [5, 5.41) is 4.45. The van der Waals surface area contributed by atoms with Crippen molar-refractivity contribution < 1.29 is 4.79 Å². The lowest BCUT2D eigenvalue weighted by molar-refractivity contribution is 0.0590. The van der Waals surface area contributed by atoms with E-state index >= 15 is 0 Å². The van der Waals surface area contributed by atoms with Crippen LogP contribution in [0.15, 0.2) is 34.4 Å². The van der Waals surface area contributed by atoms with E-state index in [9.17, 15) is 4.79 Å². The summed E-state index contributed by atoms with van der Waals surface area (Å²) in [6.45, 7) is 8.29. The van der Waals surface area contributed by atoms with Crippen LogP contribution < -0.4 is 0 Å². The number of amides is 1. The zero-order chi connectivity index (χ0) is 25.2. The number of hydrogen-bond acceptors (Lipinski definition) is 4. The van der Waals surface area contributed by atoms with Crippen molar-refractivity contribution in [3.8, 4) is 11.8 Å². The van der Waals surface area contributed by atoms with Crippen LogP contribution in [0.2, 0.25) is 0 Å². The molecule has 0 spiro atoms. The average molecular weight is 504 g/mol. The largest absolute Gasteiger partial charge is 0.340 e. The van der Waals surface area contributed by atoms with Crippen molar-refractivity contribution in [1.29, 1.82) is 5.53 Å². The van der Waals surface area contributed by atoms with Crippen LogP contribution >= 0.6 is 11.6 Å². The Balaban J connectivity index is 1.27. The number of hydrogen-bond donors (Lipinski definition) is 2. The van der Waals surface area contributed by atoms with Gasteiger partial charge in [0.25, 0.3) is 5.91 Å². The molecular formula is C29H34ClN5O. The third-order valence-electron chi connectivity index (χ3n) is 8.21. The molecule has 6 nitrogen and oxygen atoms in total. The van der Waals surface area contributed by atoms with Gasteiger partial charge in [-0.05, 0) is 75.0 Å². The van der Waals surface area contributed by atoms with Crippen molar-refractivity contribution in [1.82, 2.24) is 14.8 Å². The molecule has 0 bridgehead atoms. The zero-order valence-electron chi connectivity index (χ0n) is 21.1. The molecule has 2 fully saturated rings. The summed E-state index contributed by atoms with van der Waals surface area (Å²) >= 11 is 6.47. The summed E-state index contributed by atoms with van der Waals surface area (Å²) < 4.78 is 0. The van der Waals surface area contributed by atoms with Gasteiger partial charge >= 0.3 is 0 Å². The predicted molar refractivity (Wildman–Crippen MR) is 144 cm³/mol. The van der Waals surface area contributed by atoms with E-state index in [1.54, 1.807) is 0 Å². The van der Waals surface area contributed by atoms with Crippen LogP contribution in [0.1, 0.15) is 84.6 Å². The summed E-state index contributed by atoms with van der Waals surface area (Å²) in [7, 11) is 0. The third kappa shape index (κ3) is 4.87. The van der Waals surface area contributed by atoms with E-state index in [-0.39, 0.29) is 17.7 Å². The number of carbonyl (C=O) groups is 1. The van der Waals surface area contributed by atoms with Crippen molar-refractivity contribution >= 4 is 29.4 Å². The maximum absolute atomic E-state index is 13.1. The Labute approximate surface area is 218 Å². The number of aromatic amines is 1. The van der Waals surface area contributed by atoms with Crippen LogP contribution in [-0.4, -0.2) is 52.9 Å². The first-order chi connectivity index (χ1) is 17.5. The molecule has 2 N–H and O–H groups in total. The Kier molecular flexibility index (Phi) is 7.32. The van der Waals surface area contributed by atoms with Crippen molar-refractivity contribution in [3.05, 3.63) is 57.2 Å². The molecule has 1 aliphatic carbocycles. The topological polar surface area (TPSA) is 75.5 Å². The fraction of sp³-hybridized carbons (Fsp3) is 0.483. The number of halogens is 1. The molecule has 0 radical (unpaired) electrons. The molecule has 188 valence electrons. The second-order valence-electron chi connectivity index (χ2n) is 10.3. The van der Waals surface area contributed by atoms with Crippen molar-refractivity contribution in [3.63, 3.8) is 0 Å². The van der Waals surface area contributed by atoms with Crippen LogP contribution in [0.3, 0.4) is 0 Å². The Hall–Kier alpha value is -2.88. The molecule has 0 saturated carbocycles. The molecule has 3 aliphatic rings. The van der Waals surface area contributed by atoms with Crippen LogP contribution in [0.5, 0.6) is 0 Å². The average Bonchev–Trinajstić information content (AvgIpc) is 3.28. The molecular weight excluding hydrogens is 470 g/mol. The number of fused-ring (bicyclic) bond motifs is 1. The molecule has 1 aromatic heterocycles. The number of rotatable bonds is 3. The van der Waals surface area contributed by atoms with Crippen LogP contribution in [0.4, 0.5) is 5.82 Å². The Morgan fingerprint density at radius 1 is 1.03 bits per heavy atom. The molecule has 36 heavy (non-hydrogen) atoms. The first-order valence-corrected chi connectivity index (χ1v) is 13.5. The fourth-order valence-electron chi connectivity index (χ4n) is 5.73. The van der Waals surface area contributed by atoms with E-state index in [4.69, 9.17) is 17.1 Å². The third-order valence-corrected chi connectivity index (χ3v) is 8.66. The highest BCUT2D eigenvalue weighted by Gasteiger charge is 2.30. The van der Waals surface area contributed by atoms with E-state index in [1.807, 2.05) is 35.2 Å². The van der Waals surface area contributed by atoms with Gasteiger partial charge in [-0.2, -0.15) is 0 Å². The number of likely N-dealkylation sites (tertiary alicyclic amines) is 2. The number of benzene rings is 1. The van der Waals surface area contributed by atoms with Gasteiger partial charge in [-0.15, -0.1) is 5.11 Å². The summed E-state index contributed by atoms with van der Waals surface area (Å²) in [5.74, 6) is 7.34. The van der Waals surface area contributed by atoms with E-state index in [2.05, 4.69) is 40.7 Å². The molecule has 0 unspecified atom stereocenters. The quantitative estimate of drug-likeness (QED) is 0.370. The second kappa shape index (κ2) is 10.6. The molecule has 2 aromatic rings. The monoisotopic (exact) mass is 503 g/mol. The highest BCUT2D eigenvalue weighted by Crippen LogP contribution is 2.42. The normalized spacial score (nSPS) is 22.9. The smallest absolute Gasteiger partial charge is 0.253 e. The van der Waals surface area contributed by atoms with Crippen LogP contribution in [0.25, 0.3) is 6.08 Å². The van der Waals surface area contributed by atoms with E-state index in [0.29, 0.717) is 23.0 Å². The van der Waals surface area contributed by atoms with Crippen molar-refractivity contribution in [2.45, 2.75) is 57.9 Å². The molecule has 5 rings (SSSR count). The van der Waals surface area contributed by atoms with Crippen LogP contribution in [-0.2, 0) is 0 Å². The first kappa shape index (κ1) is 24.8. The van der Waals surface area contributed by atoms with E-state index < -0.39 is 0 Å². The molecule has 7 heteroatoms. The summed E-state index contributed by atoms with van der Waals surface area (Å²) in [6, 6.07) is 8.15. The molecule has 1 amide bonds. The van der Waals surface area contributed by atoms with Gasteiger partial charge in [0.15, 0.2) is 5.82 Å². The number of piperidine rings is 2. The van der Waals surface area contributed by atoms with Gasteiger partial charge < -0.3 is 14.8 Å². The van der Waals surface area contributed by atoms with Gasteiger partial charge in [-0.25, -0.2) is 5.53 Å². The van der Waals surface area contributed by atoms with Gasteiger partial charge in [0, 0.05) is 52.5 Å². The number of nitrogens with one attached hydrogen (secondary N) is 2. The zero-order valence-corrected chi connectivity index (χ0v) is 21.9. The number of carbonyl (C=O) groups excluding carboxylic acids is 1. The van der Waals surface area contributed by atoms with Gasteiger partial charge in [0.05, 0.1) is 5.56 Å². The van der Waals surface area contributed by atoms with Gasteiger partial charge in [0.1, 0.15) is 0 Å². The van der Waals surface area contributed by atoms with Crippen molar-refractivity contribution in [2.75, 3.05) is 26.2 Å². The number of nitrogens with zero attached hydrogens (tertiary/aromatic N) is 3.